The largest absolute Gasteiger partial charge is 0.481 e. The zero-order chi connectivity index (χ0) is 14.6. The number of hydrogen-bond donors (Lipinski definition) is 2. The van der Waals surface area contributed by atoms with Gasteiger partial charge in [-0.05, 0) is 6.42 Å². The number of aliphatic carboxylic acids is 1. The fraction of sp³-hybridized carbons (Fsp3) is 0.583. The summed E-state index contributed by atoms with van der Waals surface area (Å²) in [5, 5.41) is 15.8. The van der Waals surface area contributed by atoms with Crippen molar-refractivity contribution in [2.75, 3.05) is 18.9 Å². The Bertz CT molecular complexity index is 470. The normalized spacial score (nSPS) is 12.0. The highest BCUT2D eigenvalue weighted by Gasteiger charge is 2.18. The van der Waals surface area contributed by atoms with E-state index in [1.165, 1.54) is 4.90 Å². The van der Waals surface area contributed by atoms with E-state index in [1.807, 2.05) is 6.92 Å². The molecule has 7 nitrogen and oxygen atoms in total. The Balaban J connectivity index is 2.65. The summed E-state index contributed by atoms with van der Waals surface area (Å²) < 4.78 is 1.63. The number of rotatable bonds is 5. The van der Waals surface area contributed by atoms with Gasteiger partial charge in [-0.25, -0.2) is 4.79 Å². The minimum atomic E-state index is -0.921. The number of amides is 2. The molecule has 0 radical (unpaired) electrons. The van der Waals surface area contributed by atoms with Crippen molar-refractivity contribution in [3.8, 4) is 0 Å². The molecule has 106 valence electrons. The lowest BCUT2D eigenvalue weighted by atomic mass is 10.2. The predicted octanol–water partition coefficient (Wildman–Crippen LogP) is 1.17. The van der Waals surface area contributed by atoms with E-state index in [2.05, 4.69) is 10.4 Å². The van der Waals surface area contributed by atoms with Crippen LogP contribution in [0.4, 0.5) is 10.5 Å². The minimum Gasteiger partial charge on any atom is -0.481 e. The van der Waals surface area contributed by atoms with Crippen molar-refractivity contribution >= 4 is 17.7 Å². The third-order valence-electron chi connectivity index (χ3n) is 2.80. The molecule has 1 rings (SSSR count). The molecule has 0 aromatic carbocycles. The number of nitrogens with one attached hydrogen (secondary N) is 1. The van der Waals surface area contributed by atoms with Gasteiger partial charge in [0.2, 0.25) is 0 Å². The van der Waals surface area contributed by atoms with Gasteiger partial charge in [0.25, 0.3) is 0 Å². The van der Waals surface area contributed by atoms with E-state index in [9.17, 15) is 9.59 Å². The molecule has 2 N–H and O–H groups in total. The van der Waals surface area contributed by atoms with E-state index >= 15 is 0 Å². The van der Waals surface area contributed by atoms with E-state index in [0.717, 1.165) is 5.69 Å². The lowest BCUT2D eigenvalue weighted by Gasteiger charge is -2.19. The Labute approximate surface area is 112 Å². The van der Waals surface area contributed by atoms with Gasteiger partial charge in [-0.3, -0.25) is 9.48 Å². The molecule has 0 aliphatic rings. The second-order valence-corrected chi connectivity index (χ2v) is 4.57. The summed E-state index contributed by atoms with van der Waals surface area (Å²) >= 11 is 0. The molecule has 2 amide bonds. The molecule has 0 saturated carbocycles. The number of anilines is 1. The summed E-state index contributed by atoms with van der Waals surface area (Å²) in [6.45, 7) is 3.67. The SMILES string of the molecule is CCc1nn(C)cc1NC(=O)N(C)CC(C)C(=O)O. The number of nitrogens with zero attached hydrogens (tertiary/aromatic N) is 3. The number of hydrogen-bond acceptors (Lipinski definition) is 3. The molecule has 1 unspecified atom stereocenters. The van der Waals surface area contributed by atoms with Crippen LogP contribution in [0.5, 0.6) is 0 Å². The average Bonchev–Trinajstić information content (AvgIpc) is 2.68. The first-order chi connectivity index (χ1) is 8.85. The van der Waals surface area contributed by atoms with Crippen LogP contribution in [0.2, 0.25) is 0 Å². The quantitative estimate of drug-likeness (QED) is 0.839. The predicted molar refractivity (Wildman–Crippen MR) is 71.0 cm³/mol. The van der Waals surface area contributed by atoms with Gasteiger partial charge in [0.05, 0.1) is 17.3 Å². The Kier molecular flexibility index (Phi) is 4.91. The van der Waals surface area contributed by atoms with Crippen molar-refractivity contribution in [2.45, 2.75) is 20.3 Å². The number of urea groups is 1. The molecule has 19 heavy (non-hydrogen) atoms. The maximum absolute atomic E-state index is 11.9. The van der Waals surface area contributed by atoms with Crippen LogP contribution < -0.4 is 5.32 Å². The van der Waals surface area contributed by atoms with Gasteiger partial charge >= 0.3 is 12.0 Å². The summed E-state index contributed by atoms with van der Waals surface area (Å²) in [6.07, 6.45) is 2.44. The molecule has 1 aromatic heterocycles. The van der Waals surface area contributed by atoms with Gasteiger partial charge in [-0.2, -0.15) is 5.10 Å². The Morgan fingerprint density at radius 2 is 2.21 bits per heavy atom. The van der Waals surface area contributed by atoms with Crippen LogP contribution in [-0.4, -0.2) is 45.4 Å². The lowest BCUT2D eigenvalue weighted by molar-refractivity contribution is -0.141. The van der Waals surface area contributed by atoms with Crippen molar-refractivity contribution in [1.82, 2.24) is 14.7 Å². The van der Waals surface area contributed by atoms with Crippen molar-refractivity contribution in [3.05, 3.63) is 11.9 Å². The molecule has 7 heteroatoms. The topological polar surface area (TPSA) is 87.5 Å². The lowest BCUT2D eigenvalue weighted by Crippen LogP contribution is -2.36. The van der Waals surface area contributed by atoms with Crippen molar-refractivity contribution in [1.29, 1.82) is 0 Å². The second kappa shape index (κ2) is 6.21. The third-order valence-corrected chi connectivity index (χ3v) is 2.80. The summed E-state index contributed by atoms with van der Waals surface area (Å²) in [6, 6.07) is -0.337. The summed E-state index contributed by atoms with van der Waals surface area (Å²) in [5.41, 5.74) is 1.46. The highest BCUT2D eigenvalue weighted by Crippen LogP contribution is 2.14. The van der Waals surface area contributed by atoms with Gasteiger partial charge in [-0.15, -0.1) is 0 Å². The van der Waals surface area contributed by atoms with E-state index < -0.39 is 11.9 Å². The number of aryl methyl sites for hydroxylation is 2. The van der Waals surface area contributed by atoms with Crippen LogP contribution in [0.1, 0.15) is 19.5 Å². The van der Waals surface area contributed by atoms with Crippen molar-refractivity contribution in [3.63, 3.8) is 0 Å². The molecule has 1 aromatic rings. The Morgan fingerprint density at radius 1 is 1.58 bits per heavy atom. The molecule has 0 fully saturated rings. The zero-order valence-electron chi connectivity index (χ0n) is 11.7. The zero-order valence-corrected chi connectivity index (χ0v) is 11.7. The second-order valence-electron chi connectivity index (χ2n) is 4.57. The smallest absolute Gasteiger partial charge is 0.321 e. The Morgan fingerprint density at radius 3 is 2.74 bits per heavy atom. The first-order valence-corrected chi connectivity index (χ1v) is 6.12. The van der Waals surface area contributed by atoms with Crippen LogP contribution in [0.25, 0.3) is 0 Å². The Hall–Kier alpha value is -2.05. The van der Waals surface area contributed by atoms with Crippen molar-refractivity contribution in [2.24, 2.45) is 13.0 Å². The molecule has 0 bridgehead atoms. The summed E-state index contributed by atoms with van der Waals surface area (Å²) in [5.74, 6) is -1.52. The molecule has 0 saturated heterocycles. The number of aromatic nitrogens is 2. The maximum Gasteiger partial charge on any atom is 0.321 e. The van der Waals surface area contributed by atoms with E-state index in [1.54, 1.807) is 31.9 Å². The van der Waals surface area contributed by atoms with E-state index in [-0.39, 0.29) is 12.6 Å². The molecule has 1 atom stereocenters. The summed E-state index contributed by atoms with van der Waals surface area (Å²) in [4.78, 5) is 24.0. The molecule has 1 heterocycles. The minimum absolute atomic E-state index is 0.156. The molecular weight excluding hydrogens is 248 g/mol. The number of carboxylic acids is 1. The molecular formula is C12H20N4O3. The maximum atomic E-state index is 11.9. The third kappa shape index (κ3) is 3.97. The van der Waals surface area contributed by atoms with Crippen LogP contribution in [-0.2, 0) is 18.3 Å². The van der Waals surface area contributed by atoms with Crippen LogP contribution in [0.15, 0.2) is 6.20 Å². The summed E-state index contributed by atoms with van der Waals surface area (Å²) in [7, 11) is 3.35. The fourth-order valence-electron chi connectivity index (χ4n) is 1.68. The van der Waals surface area contributed by atoms with Gasteiger partial charge in [0.15, 0.2) is 0 Å². The monoisotopic (exact) mass is 268 g/mol. The van der Waals surface area contributed by atoms with Crippen LogP contribution in [0, 0.1) is 5.92 Å². The van der Waals surface area contributed by atoms with Gasteiger partial charge in [0, 0.05) is 26.8 Å². The molecule has 0 aliphatic heterocycles. The first kappa shape index (κ1) is 15.0. The van der Waals surface area contributed by atoms with Gasteiger partial charge in [-0.1, -0.05) is 13.8 Å². The standard InChI is InChI=1S/C12H20N4O3/c1-5-9-10(7-16(4)14-9)13-12(19)15(3)6-8(2)11(17)18/h7-8H,5-6H2,1-4H3,(H,13,19)(H,17,18). The first-order valence-electron chi connectivity index (χ1n) is 6.12. The number of carboxylic acid groups (broad SMARTS) is 1. The van der Waals surface area contributed by atoms with Crippen molar-refractivity contribution < 1.29 is 14.7 Å². The van der Waals surface area contributed by atoms with Crippen LogP contribution >= 0.6 is 0 Å². The van der Waals surface area contributed by atoms with Gasteiger partial charge < -0.3 is 15.3 Å². The molecule has 0 spiro atoms. The fourth-order valence-corrected chi connectivity index (χ4v) is 1.68. The average molecular weight is 268 g/mol. The highest BCUT2D eigenvalue weighted by atomic mass is 16.4. The van der Waals surface area contributed by atoms with E-state index in [4.69, 9.17) is 5.11 Å². The van der Waals surface area contributed by atoms with E-state index in [0.29, 0.717) is 12.1 Å². The van der Waals surface area contributed by atoms with Crippen LogP contribution in [0.3, 0.4) is 0 Å². The molecule has 0 aliphatic carbocycles. The number of carbonyl (C=O) groups excluding carboxylic acids is 1. The highest BCUT2D eigenvalue weighted by molar-refractivity contribution is 5.89. The van der Waals surface area contributed by atoms with Gasteiger partial charge in [0.1, 0.15) is 0 Å². The number of carbonyl (C=O) groups is 2.